The number of hydrogen-bond donors (Lipinski definition) is 1. The number of carbonyl (C=O) groups excluding carboxylic acids is 2. The molecule has 0 saturated carbocycles. The number of nitrogens with zero attached hydrogens (tertiary/aromatic N) is 2. The van der Waals surface area contributed by atoms with E-state index < -0.39 is 34.3 Å². The van der Waals surface area contributed by atoms with Gasteiger partial charge in [-0.1, -0.05) is 88.7 Å². The molecular weight excluding hydrogens is 633 g/mol. The molecule has 4 aromatic carbocycles. The van der Waals surface area contributed by atoms with E-state index >= 15 is 4.39 Å². The Bertz CT molecular complexity index is 1650. The van der Waals surface area contributed by atoms with Crippen LogP contribution in [0.25, 0.3) is 0 Å². The molecule has 0 fully saturated rings. The van der Waals surface area contributed by atoms with E-state index in [2.05, 4.69) is 21.2 Å². The smallest absolute Gasteiger partial charge is 0.264 e. The zero-order valence-electron chi connectivity index (χ0n) is 23.9. The molecule has 7 nitrogen and oxygen atoms in total. The van der Waals surface area contributed by atoms with Gasteiger partial charge in [0.2, 0.25) is 11.8 Å². The van der Waals surface area contributed by atoms with Crippen LogP contribution in [0, 0.1) is 5.82 Å². The molecule has 1 N–H and O–H groups in total. The highest BCUT2D eigenvalue weighted by Gasteiger charge is 2.35. The standard InChI is InChI=1S/C33H33BrFN3O4S/c1-24(2)36-33(40)31(21-25-12-5-3-6-13-25)37(22-26-14-11-15-27(34)20-26)32(39)23-38(30-19-10-9-18-29(30)35)43(41,42)28-16-7-4-8-17-28/h3-20,24,31H,21-23H2,1-2H3,(H,36,40)/t31-/m0/s1. The summed E-state index contributed by atoms with van der Waals surface area (Å²) in [4.78, 5) is 29.3. The van der Waals surface area contributed by atoms with E-state index in [0.29, 0.717) is 0 Å². The van der Waals surface area contributed by atoms with E-state index in [1.54, 1.807) is 18.2 Å². The number of hydrogen-bond acceptors (Lipinski definition) is 4. The Morgan fingerprint density at radius 1 is 0.837 bits per heavy atom. The summed E-state index contributed by atoms with van der Waals surface area (Å²) in [5, 5.41) is 2.91. The van der Waals surface area contributed by atoms with Crippen LogP contribution in [0.15, 0.2) is 119 Å². The lowest BCUT2D eigenvalue weighted by Crippen LogP contribution is -2.54. The normalized spacial score (nSPS) is 12.0. The van der Waals surface area contributed by atoms with E-state index in [9.17, 15) is 18.0 Å². The molecule has 224 valence electrons. The number of para-hydroxylation sites is 1. The summed E-state index contributed by atoms with van der Waals surface area (Å²) < 4.78 is 44.5. The Kier molecular flexibility index (Phi) is 10.7. The third-order valence-corrected chi connectivity index (χ3v) is 8.94. The number of anilines is 1. The number of halogens is 2. The topological polar surface area (TPSA) is 86.8 Å². The first-order valence-corrected chi connectivity index (χ1v) is 16.0. The second-order valence-electron chi connectivity index (χ2n) is 10.3. The largest absolute Gasteiger partial charge is 0.352 e. The van der Waals surface area contributed by atoms with Crippen molar-refractivity contribution >= 4 is 43.5 Å². The predicted molar refractivity (Wildman–Crippen MR) is 169 cm³/mol. The first-order valence-electron chi connectivity index (χ1n) is 13.8. The minimum atomic E-state index is -4.37. The molecule has 0 aromatic heterocycles. The van der Waals surface area contributed by atoms with Crippen molar-refractivity contribution in [3.8, 4) is 0 Å². The van der Waals surface area contributed by atoms with Gasteiger partial charge in [0.1, 0.15) is 18.4 Å². The monoisotopic (exact) mass is 665 g/mol. The maximum Gasteiger partial charge on any atom is 0.264 e. The summed E-state index contributed by atoms with van der Waals surface area (Å²) in [7, 11) is -4.37. The molecule has 0 bridgehead atoms. The fourth-order valence-corrected chi connectivity index (χ4v) is 6.54. The van der Waals surface area contributed by atoms with E-state index in [1.165, 1.54) is 35.2 Å². The van der Waals surface area contributed by atoms with Crippen LogP contribution in [0.4, 0.5) is 10.1 Å². The van der Waals surface area contributed by atoms with Gasteiger partial charge in [-0.05, 0) is 61.4 Å². The SMILES string of the molecule is CC(C)NC(=O)[C@H](Cc1ccccc1)N(Cc1cccc(Br)c1)C(=O)CN(c1ccccc1F)S(=O)(=O)c1ccccc1. The van der Waals surface area contributed by atoms with Crippen molar-refractivity contribution < 1.29 is 22.4 Å². The number of sulfonamides is 1. The fraction of sp³-hybridized carbons (Fsp3) is 0.212. The molecule has 0 aliphatic heterocycles. The Morgan fingerprint density at radius 2 is 1.44 bits per heavy atom. The molecule has 0 radical (unpaired) electrons. The van der Waals surface area contributed by atoms with Crippen LogP contribution in [0.3, 0.4) is 0 Å². The Morgan fingerprint density at radius 3 is 2.07 bits per heavy atom. The minimum Gasteiger partial charge on any atom is -0.352 e. The summed E-state index contributed by atoms with van der Waals surface area (Å²) >= 11 is 3.46. The summed E-state index contributed by atoms with van der Waals surface area (Å²) in [6.45, 7) is 2.93. The molecule has 0 aliphatic rings. The third kappa shape index (κ3) is 8.30. The van der Waals surface area contributed by atoms with E-state index in [0.717, 1.165) is 26.0 Å². The van der Waals surface area contributed by atoms with Crippen molar-refractivity contribution in [1.29, 1.82) is 0 Å². The van der Waals surface area contributed by atoms with Crippen LogP contribution in [0.5, 0.6) is 0 Å². The molecule has 0 heterocycles. The van der Waals surface area contributed by atoms with Gasteiger partial charge in [-0.15, -0.1) is 0 Å². The molecule has 4 rings (SSSR count). The van der Waals surface area contributed by atoms with Crippen LogP contribution < -0.4 is 9.62 Å². The van der Waals surface area contributed by atoms with Gasteiger partial charge in [-0.3, -0.25) is 13.9 Å². The van der Waals surface area contributed by atoms with Crippen LogP contribution in [0.2, 0.25) is 0 Å². The maximum absolute atomic E-state index is 15.1. The molecule has 1 atom stereocenters. The van der Waals surface area contributed by atoms with Crippen molar-refractivity contribution in [3.05, 3.63) is 131 Å². The molecule has 4 aromatic rings. The van der Waals surface area contributed by atoms with E-state index in [4.69, 9.17) is 0 Å². The number of rotatable bonds is 12. The quantitative estimate of drug-likeness (QED) is 0.203. The molecule has 10 heteroatoms. The van der Waals surface area contributed by atoms with Gasteiger partial charge in [-0.2, -0.15) is 0 Å². The summed E-state index contributed by atoms with van der Waals surface area (Å²) in [6.07, 6.45) is 0.185. The van der Waals surface area contributed by atoms with Gasteiger partial charge in [0.05, 0.1) is 10.6 Å². The van der Waals surface area contributed by atoms with E-state index in [1.807, 2.05) is 68.4 Å². The molecule has 0 unspecified atom stereocenters. The van der Waals surface area contributed by atoms with Crippen molar-refractivity contribution in [3.63, 3.8) is 0 Å². The maximum atomic E-state index is 15.1. The fourth-order valence-electron chi connectivity index (χ4n) is 4.65. The second-order valence-corrected chi connectivity index (χ2v) is 13.1. The summed E-state index contributed by atoms with van der Waals surface area (Å²) in [5.74, 6) is -1.85. The lowest BCUT2D eigenvalue weighted by molar-refractivity contribution is -0.140. The average molecular weight is 667 g/mol. The van der Waals surface area contributed by atoms with Crippen molar-refractivity contribution in [1.82, 2.24) is 10.2 Å². The van der Waals surface area contributed by atoms with Gasteiger partial charge >= 0.3 is 0 Å². The molecule has 43 heavy (non-hydrogen) atoms. The van der Waals surface area contributed by atoms with Crippen LogP contribution in [0.1, 0.15) is 25.0 Å². The van der Waals surface area contributed by atoms with Gasteiger partial charge in [-0.25, -0.2) is 12.8 Å². The molecule has 0 aliphatic carbocycles. The van der Waals surface area contributed by atoms with E-state index in [-0.39, 0.29) is 35.5 Å². The highest BCUT2D eigenvalue weighted by molar-refractivity contribution is 9.10. The predicted octanol–water partition coefficient (Wildman–Crippen LogP) is 5.95. The Hall–Kier alpha value is -4.02. The van der Waals surface area contributed by atoms with Crippen molar-refractivity contribution in [2.45, 2.75) is 43.8 Å². The molecule has 0 saturated heterocycles. The number of benzene rings is 4. The number of nitrogens with one attached hydrogen (secondary N) is 1. The van der Waals surface area contributed by atoms with Gasteiger partial charge in [0.25, 0.3) is 10.0 Å². The van der Waals surface area contributed by atoms with Crippen molar-refractivity contribution in [2.24, 2.45) is 0 Å². The second kappa shape index (κ2) is 14.4. The first kappa shape index (κ1) is 31.9. The zero-order chi connectivity index (χ0) is 31.0. The lowest BCUT2D eigenvalue weighted by Gasteiger charge is -2.34. The van der Waals surface area contributed by atoms with Gasteiger partial charge in [0, 0.05) is 23.5 Å². The molecule has 2 amide bonds. The minimum absolute atomic E-state index is 0.0117. The highest BCUT2D eigenvalue weighted by Crippen LogP contribution is 2.27. The summed E-state index contributed by atoms with van der Waals surface area (Å²) in [6, 6.07) is 28.3. The first-order chi connectivity index (χ1) is 20.6. The van der Waals surface area contributed by atoms with Gasteiger partial charge < -0.3 is 10.2 Å². The van der Waals surface area contributed by atoms with Gasteiger partial charge in [0.15, 0.2) is 0 Å². The number of carbonyl (C=O) groups is 2. The van der Waals surface area contributed by atoms with Crippen LogP contribution in [-0.2, 0) is 32.6 Å². The average Bonchev–Trinajstić information content (AvgIpc) is 2.98. The zero-order valence-corrected chi connectivity index (χ0v) is 26.3. The Balaban J connectivity index is 1.81. The molecule has 0 spiro atoms. The lowest BCUT2D eigenvalue weighted by atomic mass is 10.0. The highest BCUT2D eigenvalue weighted by atomic mass is 79.9. The van der Waals surface area contributed by atoms with Crippen LogP contribution >= 0.6 is 15.9 Å². The number of amides is 2. The van der Waals surface area contributed by atoms with Crippen LogP contribution in [-0.4, -0.2) is 43.8 Å². The Labute approximate surface area is 260 Å². The molecular formula is C33H33BrFN3O4S. The summed E-state index contributed by atoms with van der Waals surface area (Å²) in [5.41, 5.74) is 1.27. The third-order valence-electron chi connectivity index (χ3n) is 6.68. The van der Waals surface area contributed by atoms with Crippen molar-refractivity contribution in [2.75, 3.05) is 10.8 Å².